The van der Waals surface area contributed by atoms with Crippen LogP contribution in [0.3, 0.4) is 0 Å². The minimum absolute atomic E-state index is 0.0460. The standard InChI is InChI=1S/C16H17BrN2O2/c1-21-15-8-7-12(10-13(15)17)19-16(20)9-6-11-4-2-3-5-14(11)18/h2-5,7-8,10H,6,9,18H2,1H3,(H,19,20). The van der Waals surface area contributed by atoms with E-state index in [-0.39, 0.29) is 5.91 Å². The molecule has 0 saturated heterocycles. The molecule has 0 heterocycles. The van der Waals surface area contributed by atoms with Crippen molar-refractivity contribution in [1.29, 1.82) is 0 Å². The molecule has 0 radical (unpaired) electrons. The summed E-state index contributed by atoms with van der Waals surface area (Å²) in [5.41, 5.74) is 8.30. The van der Waals surface area contributed by atoms with E-state index >= 15 is 0 Å². The molecule has 1 amide bonds. The van der Waals surface area contributed by atoms with Crippen LogP contribution in [-0.2, 0) is 11.2 Å². The maximum absolute atomic E-state index is 12.0. The Hall–Kier alpha value is -2.01. The fourth-order valence-electron chi connectivity index (χ4n) is 1.98. The third-order valence-corrected chi connectivity index (χ3v) is 3.73. The summed E-state index contributed by atoms with van der Waals surface area (Å²) < 4.78 is 5.95. The first kappa shape index (κ1) is 15.4. The van der Waals surface area contributed by atoms with E-state index < -0.39 is 0 Å². The molecular weight excluding hydrogens is 332 g/mol. The lowest BCUT2D eigenvalue weighted by molar-refractivity contribution is -0.116. The Morgan fingerprint density at radius 1 is 1.29 bits per heavy atom. The van der Waals surface area contributed by atoms with E-state index in [9.17, 15) is 4.79 Å². The average molecular weight is 349 g/mol. The first-order valence-electron chi connectivity index (χ1n) is 6.57. The van der Waals surface area contributed by atoms with Crippen LogP contribution in [0.4, 0.5) is 11.4 Å². The Labute approximate surface area is 132 Å². The summed E-state index contributed by atoms with van der Waals surface area (Å²) in [6, 6.07) is 13.0. The number of rotatable bonds is 5. The number of methoxy groups -OCH3 is 1. The van der Waals surface area contributed by atoms with E-state index in [0.29, 0.717) is 12.8 Å². The SMILES string of the molecule is COc1ccc(NC(=O)CCc2ccccc2N)cc1Br. The maximum Gasteiger partial charge on any atom is 0.224 e. The Morgan fingerprint density at radius 3 is 2.71 bits per heavy atom. The molecular formula is C16H17BrN2O2. The molecule has 0 unspecified atom stereocenters. The van der Waals surface area contributed by atoms with Gasteiger partial charge in [0.2, 0.25) is 5.91 Å². The molecule has 0 spiro atoms. The minimum Gasteiger partial charge on any atom is -0.496 e. The summed E-state index contributed by atoms with van der Waals surface area (Å²) >= 11 is 3.39. The second kappa shape index (κ2) is 7.13. The van der Waals surface area contributed by atoms with Crippen molar-refractivity contribution in [3.63, 3.8) is 0 Å². The third kappa shape index (κ3) is 4.23. The van der Waals surface area contributed by atoms with E-state index in [1.54, 1.807) is 19.2 Å². The van der Waals surface area contributed by atoms with Crippen molar-refractivity contribution in [3.8, 4) is 5.75 Å². The molecule has 0 atom stereocenters. The number of amides is 1. The van der Waals surface area contributed by atoms with E-state index in [4.69, 9.17) is 10.5 Å². The molecule has 0 fully saturated rings. The number of hydrogen-bond donors (Lipinski definition) is 2. The number of benzene rings is 2. The number of halogens is 1. The van der Waals surface area contributed by atoms with Crippen LogP contribution in [-0.4, -0.2) is 13.0 Å². The van der Waals surface area contributed by atoms with Crippen LogP contribution in [0.15, 0.2) is 46.9 Å². The zero-order chi connectivity index (χ0) is 15.2. The number of aryl methyl sites for hydroxylation is 1. The number of ether oxygens (including phenoxy) is 1. The molecule has 0 bridgehead atoms. The fraction of sp³-hybridized carbons (Fsp3) is 0.188. The highest BCUT2D eigenvalue weighted by molar-refractivity contribution is 9.10. The van der Waals surface area contributed by atoms with E-state index in [1.165, 1.54) is 0 Å². The lowest BCUT2D eigenvalue weighted by Gasteiger charge is -2.09. The molecule has 4 nitrogen and oxygen atoms in total. The quantitative estimate of drug-likeness (QED) is 0.811. The summed E-state index contributed by atoms with van der Waals surface area (Å²) in [7, 11) is 1.60. The third-order valence-electron chi connectivity index (χ3n) is 3.11. The van der Waals surface area contributed by atoms with Gasteiger partial charge in [0, 0.05) is 17.8 Å². The van der Waals surface area contributed by atoms with Crippen molar-refractivity contribution < 1.29 is 9.53 Å². The number of para-hydroxylation sites is 1. The molecule has 3 N–H and O–H groups in total. The van der Waals surface area contributed by atoms with Crippen LogP contribution in [0.5, 0.6) is 5.75 Å². The van der Waals surface area contributed by atoms with Crippen LogP contribution >= 0.6 is 15.9 Å². The number of nitrogens with two attached hydrogens (primary N) is 1. The molecule has 0 aromatic heterocycles. The summed E-state index contributed by atoms with van der Waals surface area (Å²) in [5.74, 6) is 0.681. The second-order valence-corrected chi connectivity index (χ2v) is 5.45. The van der Waals surface area contributed by atoms with Gasteiger partial charge in [-0.2, -0.15) is 0 Å². The van der Waals surface area contributed by atoms with Crippen molar-refractivity contribution >= 4 is 33.2 Å². The number of carbonyl (C=O) groups is 1. The molecule has 21 heavy (non-hydrogen) atoms. The number of anilines is 2. The first-order chi connectivity index (χ1) is 10.1. The molecule has 110 valence electrons. The highest BCUT2D eigenvalue weighted by Crippen LogP contribution is 2.27. The zero-order valence-corrected chi connectivity index (χ0v) is 13.3. The monoisotopic (exact) mass is 348 g/mol. The summed E-state index contributed by atoms with van der Waals surface area (Å²) in [5, 5.41) is 2.86. The van der Waals surface area contributed by atoms with Crippen molar-refractivity contribution in [2.24, 2.45) is 0 Å². The van der Waals surface area contributed by atoms with Crippen molar-refractivity contribution in [3.05, 3.63) is 52.5 Å². The van der Waals surface area contributed by atoms with E-state index in [2.05, 4.69) is 21.2 Å². The fourth-order valence-corrected chi connectivity index (χ4v) is 2.52. The van der Waals surface area contributed by atoms with Crippen molar-refractivity contribution in [2.75, 3.05) is 18.2 Å². The molecule has 2 aromatic carbocycles. The van der Waals surface area contributed by atoms with Gasteiger partial charge < -0.3 is 15.8 Å². The van der Waals surface area contributed by atoms with Crippen molar-refractivity contribution in [1.82, 2.24) is 0 Å². The van der Waals surface area contributed by atoms with Crippen LogP contribution in [0.2, 0.25) is 0 Å². The number of carbonyl (C=O) groups excluding carboxylic acids is 1. The lowest BCUT2D eigenvalue weighted by atomic mass is 10.1. The zero-order valence-electron chi connectivity index (χ0n) is 11.7. The lowest BCUT2D eigenvalue weighted by Crippen LogP contribution is -2.12. The van der Waals surface area contributed by atoms with Gasteiger partial charge in [-0.1, -0.05) is 18.2 Å². The molecule has 0 aliphatic carbocycles. The topological polar surface area (TPSA) is 64.3 Å². The van der Waals surface area contributed by atoms with Gasteiger partial charge in [-0.15, -0.1) is 0 Å². The summed E-state index contributed by atoms with van der Waals surface area (Å²) in [6.07, 6.45) is 1.01. The second-order valence-electron chi connectivity index (χ2n) is 4.60. The largest absolute Gasteiger partial charge is 0.496 e. The number of nitrogens with one attached hydrogen (secondary N) is 1. The van der Waals surface area contributed by atoms with E-state index in [1.807, 2.05) is 30.3 Å². The Morgan fingerprint density at radius 2 is 2.05 bits per heavy atom. The predicted octanol–water partition coefficient (Wildman–Crippen LogP) is 3.61. The van der Waals surface area contributed by atoms with Crippen LogP contribution in [0.1, 0.15) is 12.0 Å². The van der Waals surface area contributed by atoms with Gasteiger partial charge in [0.05, 0.1) is 11.6 Å². The molecule has 5 heteroatoms. The first-order valence-corrected chi connectivity index (χ1v) is 7.36. The minimum atomic E-state index is -0.0460. The number of hydrogen-bond acceptors (Lipinski definition) is 3. The van der Waals surface area contributed by atoms with Crippen LogP contribution in [0.25, 0.3) is 0 Å². The highest BCUT2D eigenvalue weighted by atomic mass is 79.9. The average Bonchev–Trinajstić information content (AvgIpc) is 2.46. The van der Waals surface area contributed by atoms with E-state index in [0.717, 1.165) is 27.2 Å². The molecule has 0 saturated carbocycles. The Balaban J connectivity index is 1.93. The number of nitrogen functional groups attached to an aromatic ring is 1. The molecule has 2 rings (SSSR count). The maximum atomic E-state index is 12.0. The Bertz CT molecular complexity index is 644. The van der Waals surface area contributed by atoms with Gasteiger partial charge in [0.25, 0.3) is 0 Å². The highest BCUT2D eigenvalue weighted by Gasteiger charge is 2.07. The van der Waals surface area contributed by atoms with Gasteiger partial charge in [0.15, 0.2) is 0 Å². The van der Waals surface area contributed by atoms with Gasteiger partial charge in [-0.3, -0.25) is 4.79 Å². The van der Waals surface area contributed by atoms with Gasteiger partial charge in [-0.25, -0.2) is 0 Å². The van der Waals surface area contributed by atoms with Gasteiger partial charge in [0.1, 0.15) is 5.75 Å². The van der Waals surface area contributed by atoms with Crippen LogP contribution in [0, 0.1) is 0 Å². The predicted molar refractivity (Wildman–Crippen MR) is 88.5 cm³/mol. The summed E-state index contributed by atoms with van der Waals surface area (Å²) in [6.45, 7) is 0. The summed E-state index contributed by atoms with van der Waals surface area (Å²) in [4.78, 5) is 12.0. The normalized spacial score (nSPS) is 10.2. The smallest absolute Gasteiger partial charge is 0.224 e. The molecule has 0 aliphatic heterocycles. The Kier molecular flexibility index (Phi) is 5.22. The van der Waals surface area contributed by atoms with Gasteiger partial charge >= 0.3 is 0 Å². The molecule has 0 aliphatic rings. The molecule has 2 aromatic rings. The van der Waals surface area contributed by atoms with Crippen molar-refractivity contribution in [2.45, 2.75) is 12.8 Å². The van der Waals surface area contributed by atoms with Crippen LogP contribution < -0.4 is 15.8 Å². The van der Waals surface area contributed by atoms with Gasteiger partial charge in [-0.05, 0) is 52.2 Å².